The summed E-state index contributed by atoms with van der Waals surface area (Å²) in [6.07, 6.45) is 1.45. The highest BCUT2D eigenvalue weighted by Crippen LogP contribution is 2.21. The summed E-state index contributed by atoms with van der Waals surface area (Å²) in [6, 6.07) is 15.2. The number of rotatable bonds is 6. The van der Waals surface area contributed by atoms with E-state index in [1.54, 1.807) is 12.1 Å². The van der Waals surface area contributed by atoms with E-state index in [9.17, 15) is 9.18 Å². The van der Waals surface area contributed by atoms with E-state index in [-0.39, 0.29) is 11.7 Å². The molecule has 0 bridgehead atoms. The summed E-state index contributed by atoms with van der Waals surface area (Å²) in [7, 11) is 0. The number of carbonyl (C=O) groups is 1. The van der Waals surface area contributed by atoms with Crippen molar-refractivity contribution in [2.24, 2.45) is 0 Å². The van der Waals surface area contributed by atoms with Crippen LogP contribution in [0.5, 0.6) is 5.75 Å². The fourth-order valence-electron chi connectivity index (χ4n) is 2.24. The predicted octanol–water partition coefficient (Wildman–Crippen LogP) is 3.02. The van der Waals surface area contributed by atoms with Crippen LogP contribution in [0.1, 0.15) is 10.4 Å². The van der Waals surface area contributed by atoms with Crippen molar-refractivity contribution in [3.8, 4) is 17.0 Å². The molecular weight excluding hydrogens is 309 g/mol. The van der Waals surface area contributed by atoms with Crippen LogP contribution >= 0.6 is 0 Å². The van der Waals surface area contributed by atoms with E-state index in [0.29, 0.717) is 30.0 Å². The van der Waals surface area contributed by atoms with Crippen molar-refractivity contribution in [1.82, 2.24) is 15.5 Å². The van der Waals surface area contributed by atoms with Crippen LogP contribution in [0.15, 0.2) is 60.8 Å². The van der Waals surface area contributed by atoms with Gasteiger partial charge in [-0.1, -0.05) is 18.2 Å². The molecule has 0 saturated carbocycles. The van der Waals surface area contributed by atoms with Crippen molar-refractivity contribution in [1.29, 1.82) is 0 Å². The number of nitrogens with one attached hydrogen (secondary N) is 2. The van der Waals surface area contributed by atoms with Crippen molar-refractivity contribution < 1.29 is 13.9 Å². The Balaban J connectivity index is 1.58. The van der Waals surface area contributed by atoms with Crippen LogP contribution < -0.4 is 10.1 Å². The van der Waals surface area contributed by atoms with E-state index in [1.807, 2.05) is 30.3 Å². The Bertz CT molecular complexity index is 801. The van der Waals surface area contributed by atoms with E-state index in [2.05, 4.69) is 15.5 Å². The first-order chi connectivity index (χ1) is 11.7. The first-order valence-electron chi connectivity index (χ1n) is 7.49. The summed E-state index contributed by atoms with van der Waals surface area (Å²) in [5.74, 6) is 0.157. The summed E-state index contributed by atoms with van der Waals surface area (Å²) in [4.78, 5) is 12.3. The summed E-state index contributed by atoms with van der Waals surface area (Å²) in [6.45, 7) is 0.723. The number of hydrogen-bond acceptors (Lipinski definition) is 3. The predicted molar refractivity (Wildman–Crippen MR) is 88.3 cm³/mol. The number of carbonyl (C=O) groups excluding carboxylic acids is 1. The monoisotopic (exact) mass is 325 g/mol. The van der Waals surface area contributed by atoms with E-state index in [1.165, 1.54) is 18.3 Å². The summed E-state index contributed by atoms with van der Waals surface area (Å²) in [5.41, 5.74) is 1.65. The maximum atomic E-state index is 13.0. The van der Waals surface area contributed by atoms with Crippen LogP contribution in [-0.4, -0.2) is 29.3 Å². The summed E-state index contributed by atoms with van der Waals surface area (Å²) < 4.78 is 18.5. The third-order valence-corrected chi connectivity index (χ3v) is 3.42. The number of aromatic nitrogens is 2. The molecule has 2 aromatic carbocycles. The van der Waals surface area contributed by atoms with Crippen LogP contribution in [0.3, 0.4) is 0 Å². The van der Waals surface area contributed by atoms with Gasteiger partial charge in [0.1, 0.15) is 18.2 Å². The number of amides is 1. The molecule has 1 amide bonds. The lowest BCUT2D eigenvalue weighted by Crippen LogP contribution is -2.28. The summed E-state index contributed by atoms with van der Waals surface area (Å²) >= 11 is 0. The van der Waals surface area contributed by atoms with Gasteiger partial charge in [0.05, 0.1) is 24.0 Å². The van der Waals surface area contributed by atoms with Gasteiger partial charge in [-0.05, 0) is 36.4 Å². The second-order valence-electron chi connectivity index (χ2n) is 5.08. The van der Waals surface area contributed by atoms with Crippen LogP contribution in [0.2, 0.25) is 0 Å². The molecule has 122 valence electrons. The lowest BCUT2D eigenvalue weighted by atomic mass is 10.1. The minimum Gasteiger partial charge on any atom is -0.492 e. The third-order valence-electron chi connectivity index (χ3n) is 3.42. The Morgan fingerprint density at radius 2 is 1.88 bits per heavy atom. The molecule has 24 heavy (non-hydrogen) atoms. The number of aromatic amines is 1. The first kappa shape index (κ1) is 15.7. The van der Waals surface area contributed by atoms with Gasteiger partial charge in [0.15, 0.2) is 0 Å². The normalized spacial score (nSPS) is 10.4. The van der Waals surface area contributed by atoms with Gasteiger partial charge >= 0.3 is 0 Å². The van der Waals surface area contributed by atoms with Crippen molar-refractivity contribution in [3.63, 3.8) is 0 Å². The molecule has 0 radical (unpaired) electrons. The Hall–Kier alpha value is -3.15. The van der Waals surface area contributed by atoms with Crippen molar-refractivity contribution in [2.75, 3.05) is 13.2 Å². The topological polar surface area (TPSA) is 67.0 Å². The highest BCUT2D eigenvalue weighted by atomic mass is 19.1. The lowest BCUT2D eigenvalue weighted by Gasteiger charge is -2.08. The average Bonchev–Trinajstić information content (AvgIpc) is 3.10. The molecule has 0 saturated heterocycles. The zero-order chi connectivity index (χ0) is 16.8. The second kappa shape index (κ2) is 7.41. The number of para-hydroxylation sites is 1. The van der Waals surface area contributed by atoms with Gasteiger partial charge in [-0.3, -0.25) is 9.89 Å². The van der Waals surface area contributed by atoms with Crippen molar-refractivity contribution >= 4 is 5.91 Å². The Morgan fingerprint density at radius 3 is 2.62 bits per heavy atom. The third kappa shape index (κ3) is 3.78. The van der Waals surface area contributed by atoms with Gasteiger partial charge in [0.2, 0.25) is 0 Å². The maximum absolute atomic E-state index is 13.0. The smallest absolute Gasteiger partial charge is 0.255 e. The molecule has 1 aromatic heterocycles. The Morgan fingerprint density at radius 1 is 1.12 bits per heavy atom. The minimum absolute atomic E-state index is 0.264. The quantitative estimate of drug-likeness (QED) is 0.685. The molecule has 0 atom stereocenters. The number of halogens is 1. The van der Waals surface area contributed by atoms with E-state index < -0.39 is 0 Å². The average molecular weight is 325 g/mol. The standard InChI is InChI=1S/C18H16FN3O2/c19-14-8-6-13(7-9-14)17-16(12-21-22-17)18(23)20-10-11-24-15-4-2-1-3-5-15/h1-9,12H,10-11H2,(H,20,23)(H,21,22). The number of nitrogens with zero attached hydrogens (tertiary/aromatic N) is 1. The van der Waals surface area contributed by atoms with Gasteiger partial charge in [-0.2, -0.15) is 5.10 Å². The first-order valence-corrected chi connectivity index (χ1v) is 7.49. The molecule has 0 unspecified atom stereocenters. The van der Waals surface area contributed by atoms with Gasteiger partial charge in [-0.25, -0.2) is 4.39 Å². The molecular formula is C18H16FN3O2. The largest absolute Gasteiger partial charge is 0.492 e. The molecule has 0 spiro atoms. The van der Waals surface area contributed by atoms with Crippen LogP contribution in [-0.2, 0) is 0 Å². The molecule has 0 aliphatic carbocycles. The Labute approximate surface area is 138 Å². The van der Waals surface area contributed by atoms with E-state index >= 15 is 0 Å². The lowest BCUT2D eigenvalue weighted by molar-refractivity contribution is 0.0947. The molecule has 2 N–H and O–H groups in total. The van der Waals surface area contributed by atoms with Gasteiger partial charge in [0.25, 0.3) is 5.91 Å². The van der Waals surface area contributed by atoms with E-state index in [4.69, 9.17) is 4.74 Å². The van der Waals surface area contributed by atoms with Gasteiger partial charge in [0, 0.05) is 5.56 Å². The number of ether oxygens (including phenoxy) is 1. The molecule has 3 aromatic rings. The number of H-pyrrole nitrogens is 1. The molecule has 3 rings (SSSR count). The highest BCUT2D eigenvalue weighted by molar-refractivity contribution is 5.99. The van der Waals surface area contributed by atoms with Crippen LogP contribution in [0.4, 0.5) is 4.39 Å². The molecule has 0 aliphatic heterocycles. The van der Waals surface area contributed by atoms with Crippen molar-refractivity contribution in [3.05, 3.63) is 72.2 Å². The van der Waals surface area contributed by atoms with Crippen LogP contribution in [0, 0.1) is 5.82 Å². The van der Waals surface area contributed by atoms with E-state index in [0.717, 1.165) is 5.75 Å². The number of hydrogen-bond donors (Lipinski definition) is 2. The van der Waals surface area contributed by atoms with Crippen LogP contribution in [0.25, 0.3) is 11.3 Å². The zero-order valence-corrected chi connectivity index (χ0v) is 12.8. The molecule has 1 heterocycles. The van der Waals surface area contributed by atoms with Gasteiger partial charge in [-0.15, -0.1) is 0 Å². The fraction of sp³-hybridized carbons (Fsp3) is 0.111. The van der Waals surface area contributed by atoms with Gasteiger partial charge < -0.3 is 10.1 Å². The fourth-order valence-corrected chi connectivity index (χ4v) is 2.24. The maximum Gasteiger partial charge on any atom is 0.255 e. The second-order valence-corrected chi connectivity index (χ2v) is 5.08. The molecule has 6 heteroatoms. The molecule has 0 aliphatic rings. The summed E-state index contributed by atoms with van der Waals surface area (Å²) in [5, 5.41) is 9.46. The number of benzene rings is 2. The SMILES string of the molecule is O=C(NCCOc1ccccc1)c1cn[nH]c1-c1ccc(F)cc1. The molecule has 0 fully saturated rings. The zero-order valence-electron chi connectivity index (χ0n) is 12.8. The molecule has 5 nitrogen and oxygen atoms in total. The Kier molecular flexibility index (Phi) is 4.86. The minimum atomic E-state index is -0.331. The van der Waals surface area contributed by atoms with Crippen molar-refractivity contribution in [2.45, 2.75) is 0 Å². The highest BCUT2D eigenvalue weighted by Gasteiger charge is 2.14.